The van der Waals surface area contributed by atoms with Crippen LogP contribution in [-0.4, -0.2) is 41.9 Å². The Bertz CT molecular complexity index is 447. The van der Waals surface area contributed by atoms with Crippen LogP contribution in [0.2, 0.25) is 0 Å². The highest BCUT2D eigenvalue weighted by Crippen LogP contribution is 2.16. The summed E-state index contributed by atoms with van der Waals surface area (Å²) in [5, 5.41) is 11.4. The van der Waals surface area contributed by atoms with Crippen molar-refractivity contribution in [1.29, 1.82) is 0 Å². The maximum Gasteiger partial charge on any atom is 0.408 e. The van der Waals surface area contributed by atoms with E-state index in [4.69, 9.17) is 9.84 Å². The number of methoxy groups -OCH3 is 1. The van der Waals surface area contributed by atoms with Crippen LogP contribution in [-0.2, 0) is 19.1 Å². The lowest BCUT2D eigenvalue weighted by Gasteiger charge is -2.25. The predicted molar refractivity (Wildman–Crippen MR) is 80.3 cm³/mol. The predicted octanol–water partition coefficient (Wildman–Crippen LogP) is 2.11. The molecule has 0 aromatic carbocycles. The normalized spacial score (nSPS) is 13.5. The zero-order chi connectivity index (χ0) is 17.5. The smallest absolute Gasteiger partial charge is 0.408 e. The average molecular weight is 315 g/mol. The number of hydrogen-bond donors (Lipinski definition) is 2. The van der Waals surface area contributed by atoms with Crippen molar-refractivity contribution < 1.29 is 29.0 Å². The summed E-state index contributed by atoms with van der Waals surface area (Å²) in [5.41, 5.74) is -0.830. The SMILES string of the molecule is COC(=O)/C(=C\C(=O)O)[C@H](CC(C)C)NC(=O)OC(C)(C)C. The third-order valence-corrected chi connectivity index (χ3v) is 2.47. The molecule has 0 aliphatic heterocycles. The Labute approximate surface area is 130 Å². The van der Waals surface area contributed by atoms with Crippen LogP contribution in [0, 0.1) is 5.92 Å². The van der Waals surface area contributed by atoms with Gasteiger partial charge < -0.3 is 19.9 Å². The minimum absolute atomic E-state index is 0.113. The maximum atomic E-state index is 11.9. The van der Waals surface area contributed by atoms with Gasteiger partial charge in [0.1, 0.15) is 5.60 Å². The van der Waals surface area contributed by atoms with Gasteiger partial charge in [-0.3, -0.25) is 0 Å². The average Bonchev–Trinajstić information content (AvgIpc) is 2.31. The Hall–Kier alpha value is -2.05. The van der Waals surface area contributed by atoms with Crippen LogP contribution in [0.15, 0.2) is 11.6 Å². The van der Waals surface area contributed by atoms with E-state index >= 15 is 0 Å². The molecule has 1 atom stereocenters. The molecule has 0 rings (SSSR count). The molecule has 0 aliphatic rings. The molecule has 0 aromatic rings. The molecule has 7 heteroatoms. The summed E-state index contributed by atoms with van der Waals surface area (Å²) >= 11 is 0. The van der Waals surface area contributed by atoms with Crippen LogP contribution < -0.4 is 5.32 Å². The first-order valence-electron chi connectivity index (χ1n) is 6.98. The summed E-state index contributed by atoms with van der Waals surface area (Å²) in [5.74, 6) is -1.98. The second-order valence-corrected chi connectivity index (χ2v) is 6.26. The largest absolute Gasteiger partial charge is 0.478 e. The molecule has 0 unspecified atom stereocenters. The molecule has 7 nitrogen and oxygen atoms in total. The number of carboxylic acid groups (broad SMARTS) is 1. The molecule has 1 amide bonds. The van der Waals surface area contributed by atoms with Crippen LogP contribution in [0.25, 0.3) is 0 Å². The van der Waals surface area contributed by atoms with Gasteiger partial charge in [-0.2, -0.15) is 0 Å². The fourth-order valence-electron chi connectivity index (χ4n) is 1.74. The second-order valence-electron chi connectivity index (χ2n) is 6.26. The number of ether oxygens (including phenoxy) is 2. The number of amides is 1. The van der Waals surface area contributed by atoms with E-state index in [1.165, 1.54) is 0 Å². The molecule has 0 aromatic heterocycles. The summed E-state index contributed by atoms with van der Waals surface area (Å²) in [7, 11) is 1.15. The highest BCUT2D eigenvalue weighted by Gasteiger charge is 2.27. The summed E-state index contributed by atoms with van der Waals surface area (Å²) in [6.45, 7) is 8.90. The number of carboxylic acids is 1. The van der Waals surface area contributed by atoms with Crippen molar-refractivity contribution in [3.05, 3.63) is 11.6 Å². The quantitative estimate of drug-likeness (QED) is 0.575. The Morgan fingerprint density at radius 2 is 1.77 bits per heavy atom. The van der Waals surface area contributed by atoms with Crippen LogP contribution in [0.3, 0.4) is 0 Å². The van der Waals surface area contributed by atoms with Gasteiger partial charge in [0, 0.05) is 6.08 Å². The molecule has 22 heavy (non-hydrogen) atoms. The number of esters is 1. The maximum absolute atomic E-state index is 11.9. The van der Waals surface area contributed by atoms with Crippen molar-refractivity contribution in [2.75, 3.05) is 7.11 Å². The summed E-state index contributed by atoms with van der Waals surface area (Å²) in [4.78, 5) is 34.6. The monoisotopic (exact) mass is 315 g/mol. The van der Waals surface area contributed by atoms with Gasteiger partial charge in [-0.1, -0.05) is 13.8 Å². The molecule has 0 heterocycles. The number of hydrogen-bond acceptors (Lipinski definition) is 5. The number of alkyl carbamates (subject to hydrolysis) is 1. The van der Waals surface area contributed by atoms with Crippen molar-refractivity contribution in [2.45, 2.75) is 52.7 Å². The van der Waals surface area contributed by atoms with E-state index in [9.17, 15) is 14.4 Å². The molecule has 0 fully saturated rings. The van der Waals surface area contributed by atoms with Crippen LogP contribution in [0.5, 0.6) is 0 Å². The van der Waals surface area contributed by atoms with Gasteiger partial charge in [-0.05, 0) is 33.1 Å². The summed E-state index contributed by atoms with van der Waals surface area (Å²) < 4.78 is 9.74. The zero-order valence-corrected chi connectivity index (χ0v) is 13.9. The number of carbonyl (C=O) groups excluding carboxylic acids is 2. The van der Waals surface area contributed by atoms with Crippen LogP contribution in [0.4, 0.5) is 4.79 Å². The van der Waals surface area contributed by atoms with Crippen molar-refractivity contribution in [3.8, 4) is 0 Å². The van der Waals surface area contributed by atoms with E-state index in [1.54, 1.807) is 20.8 Å². The van der Waals surface area contributed by atoms with E-state index in [2.05, 4.69) is 10.1 Å². The van der Waals surface area contributed by atoms with Crippen molar-refractivity contribution in [2.24, 2.45) is 5.92 Å². The first-order valence-corrected chi connectivity index (χ1v) is 6.98. The first kappa shape index (κ1) is 19.9. The lowest BCUT2D eigenvalue weighted by atomic mass is 9.96. The number of nitrogens with one attached hydrogen (secondary N) is 1. The molecule has 0 spiro atoms. The lowest BCUT2D eigenvalue weighted by molar-refractivity contribution is -0.138. The third-order valence-electron chi connectivity index (χ3n) is 2.47. The van der Waals surface area contributed by atoms with E-state index in [1.807, 2.05) is 13.8 Å². The topological polar surface area (TPSA) is 102 Å². The molecule has 0 saturated heterocycles. The van der Waals surface area contributed by atoms with Gasteiger partial charge in [0.15, 0.2) is 0 Å². The minimum Gasteiger partial charge on any atom is -0.478 e. The van der Waals surface area contributed by atoms with Gasteiger partial charge in [0.25, 0.3) is 0 Å². The Kier molecular flexibility index (Phi) is 7.62. The van der Waals surface area contributed by atoms with E-state index < -0.39 is 29.7 Å². The molecule has 126 valence electrons. The molecule has 0 bridgehead atoms. The zero-order valence-electron chi connectivity index (χ0n) is 13.9. The van der Waals surface area contributed by atoms with E-state index in [0.29, 0.717) is 6.42 Å². The van der Waals surface area contributed by atoms with E-state index in [-0.39, 0.29) is 11.5 Å². The lowest BCUT2D eigenvalue weighted by Crippen LogP contribution is -2.42. The number of carbonyl (C=O) groups is 3. The Morgan fingerprint density at radius 1 is 1.23 bits per heavy atom. The van der Waals surface area contributed by atoms with Crippen molar-refractivity contribution >= 4 is 18.0 Å². The Morgan fingerprint density at radius 3 is 2.14 bits per heavy atom. The minimum atomic E-state index is -1.29. The standard InChI is InChI=1S/C15H25NO6/c1-9(2)7-11(16-14(20)22-15(3,4)5)10(8-12(17)18)13(19)21-6/h8-9,11H,7H2,1-6H3,(H,16,20)(H,17,18)/b10-8-/t11-/m0/s1. The van der Waals surface area contributed by atoms with Crippen molar-refractivity contribution in [3.63, 3.8) is 0 Å². The van der Waals surface area contributed by atoms with Crippen LogP contribution >= 0.6 is 0 Å². The number of aliphatic carboxylic acids is 1. The Balaban J connectivity index is 5.35. The fourth-order valence-corrected chi connectivity index (χ4v) is 1.74. The molecule has 0 aliphatic carbocycles. The van der Waals surface area contributed by atoms with Gasteiger partial charge in [0.05, 0.1) is 18.7 Å². The molecular weight excluding hydrogens is 290 g/mol. The highest BCUT2D eigenvalue weighted by molar-refractivity contribution is 5.97. The first-order chi connectivity index (χ1) is 9.96. The number of rotatable bonds is 6. The van der Waals surface area contributed by atoms with Gasteiger partial charge in [-0.25, -0.2) is 14.4 Å². The molecule has 2 N–H and O–H groups in total. The second kappa shape index (κ2) is 8.41. The van der Waals surface area contributed by atoms with Crippen LogP contribution in [0.1, 0.15) is 41.0 Å². The highest BCUT2D eigenvalue weighted by atomic mass is 16.6. The van der Waals surface area contributed by atoms with Gasteiger partial charge in [0.2, 0.25) is 0 Å². The third kappa shape index (κ3) is 8.28. The van der Waals surface area contributed by atoms with Gasteiger partial charge >= 0.3 is 18.0 Å². The van der Waals surface area contributed by atoms with E-state index in [0.717, 1.165) is 13.2 Å². The molecular formula is C15H25NO6. The summed E-state index contributed by atoms with van der Waals surface area (Å²) in [6.07, 6.45) is 0.391. The summed E-state index contributed by atoms with van der Waals surface area (Å²) in [6, 6.07) is -0.807. The van der Waals surface area contributed by atoms with Crippen molar-refractivity contribution in [1.82, 2.24) is 5.32 Å². The fraction of sp³-hybridized carbons (Fsp3) is 0.667. The van der Waals surface area contributed by atoms with Gasteiger partial charge in [-0.15, -0.1) is 0 Å². The molecule has 0 saturated carbocycles. The molecule has 0 radical (unpaired) electrons.